The molecule has 0 aromatic heterocycles. The van der Waals surface area contributed by atoms with Crippen LogP contribution in [0.2, 0.25) is 0 Å². The average Bonchev–Trinajstić information content (AvgIpc) is 2.81. The van der Waals surface area contributed by atoms with Gasteiger partial charge in [0.05, 0.1) is 24.1 Å². The number of ether oxygens (including phenoxy) is 1. The molecule has 0 bridgehead atoms. The molecule has 1 atom stereocenters. The van der Waals surface area contributed by atoms with Gasteiger partial charge in [-0.1, -0.05) is 12.1 Å². The first-order valence-corrected chi connectivity index (χ1v) is 8.37. The van der Waals surface area contributed by atoms with Crippen LogP contribution in [0.1, 0.15) is 20.3 Å². The minimum Gasteiger partial charge on any atom is -0.397 e. The lowest BCUT2D eigenvalue weighted by Gasteiger charge is -2.39. The van der Waals surface area contributed by atoms with E-state index in [-0.39, 0.29) is 0 Å². The van der Waals surface area contributed by atoms with Crippen molar-refractivity contribution >= 4 is 11.4 Å². The standard InChI is InChI=1S/C17H30N4O/c1-3-22-14-13-21(17-8-5-4-7-16(17)18)15(2)20-11-6-9-19-10-12-20/h4-5,7-8,15,19H,3,6,9-14,18H2,1-2H3. The summed E-state index contributed by atoms with van der Waals surface area (Å²) in [4.78, 5) is 4.90. The Kier molecular flexibility index (Phi) is 6.96. The largest absolute Gasteiger partial charge is 0.397 e. The Morgan fingerprint density at radius 2 is 2.14 bits per heavy atom. The number of benzene rings is 1. The highest BCUT2D eigenvalue weighted by molar-refractivity contribution is 5.67. The second-order valence-corrected chi connectivity index (χ2v) is 5.72. The van der Waals surface area contributed by atoms with Crippen LogP contribution in [0.3, 0.4) is 0 Å². The molecule has 0 aliphatic carbocycles. The molecule has 0 spiro atoms. The molecule has 1 unspecified atom stereocenters. The first-order valence-electron chi connectivity index (χ1n) is 8.37. The summed E-state index contributed by atoms with van der Waals surface area (Å²) in [7, 11) is 0. The van der Waals surface area contributed by atoms with Gasteiger partial charge in [0.2, 0.25) is 0 Å². The third kappa shape index (κ3) is 4.60. The van der Waals surface area contributed by atoms with Gasteiger partial charge in [-0.25, -0.2) is 0 Å². The molecule has 5 nitrogen and oxygen atoms in total. The SMILES string of the molecule is CCOCCN(c1ccccc1N)C(C)N1CCCNCC1. The zero-order valence-corrected chi connectivity index (χ0v) is 13.9. The van der Waals surface area contributed by atoms with Gasteiger partial charge in [-0.05, 0) is 38.9 Å². The summed E-state index contributed by atoms with van der Waals surface area (Å²) in [6, 6.07) is 8.11. The van der Waals surface area contributed by atoms with Gasteiger partial charge in [-0.2, -0.15) is 0 Å². The molecule has 1 aliphatic rings. The van der Waals surface area contributed by atoms with Gasteiger partial charge in [0, 0.05) is 32.8 Å². The maximum absolute atomic E-state index is 6.21. The minimum absolute atomic E-state index is 0.310. The summed E-state index contributed by atoms with van der Waals surface area (Å²) in [5.41, 5.74) is 8.15. The number of hydrogen-bond donors (Lipinski definition) is 2. The van der Waals surface area contributed by atoms with Crippen LogP contribution in [0, 0.1) is 0 Å². The van der Waals surface area contributed by atoms with Gasteiger partial charge in [-0.3, -0.25) is 4.90 Å². The third-order valence-electron chi connectivity index (χ3n) is 4.28. The molecule has 0 radical (unpaired) electrons. The summed E-state index contributed by atoms with van der Waals surface area (Å²) >= 11 is 0. The van der Waals surface area contributed by atoms with Crippen molar-refractivity contribution in [2.24, 2.45) is 0 Å². The van der Waals surface area contributed by atoms with Crippen LogP contribution in [0.5, 0.6) is 0 Å². The van der Waals surface area contributed by atoms with E-state index in [0.29, 0.717) is 6.17 Å². The van der Waals surface area contributed by atoms with Gasteiger partial charge in [0.25, 0.3) is 0 Å². The van der Waals surface area contributed by atoms with Gasteiger partial charge in [-0.15, -0.1) is 0 Å². The molecule has 124 valence electrons. The summed E-state index contributed by atoms with van der Waals surface area (Å²) in [5.74, 6) is 0. The molecule has 3 N–H and O–H groups in total. The lowest BCUT2D eigenvalue weighted by Crippen LogP contribution is -2.49. The second kappa shape index (κ2) is 8.98. The Morgan fingerprint density at radius 3 is 2.91 bits per heavy atom. The Bertz CT molecular complexity index is 432. The number of nitrogens with two attached hydrogens (primary N) is 1. The molecular formula is C17H30N4O. The number of nitrogens with one attached hydrogen (secondary N) is 1. The summed E-state index contributed by atoms with van der Waals surface area (Å²) in [5, 5.41) is 3.46. The molecule has 1 aromatic rings. The molecule has 1 aromatic carbocycles. The van der Waals surface area contributed by atoms with Crippen LogP contribution in [0.4, 0.5) is 11.4 Å². The first kappa shape index (κ1) is 17.1. The molecule has 1 heterocycles. The van der Waals surface area contributed by atoms with Gasteiger partial charge >= 0.3 is 0 Å². The van der Waals surface area contributed by atoms with Crippen molar-refractivity contribution in [3.63, 3.8) is 0 Å². The maximum Gasteiger partial charge on any atom is 0.0794 e. The Hall–Kier alpha value is -1.30. The highest BCUT2D eigenvalue weighted by Gasteiger charge is 2.23. The highest BCUT2D eigenvalue weighted by atomic mass is 16.5. The van der Waals surface area contributed by atoms with Crippen molar-refractivity contribution in [1.29, 1.82) is 0 Å². The summed E-state index contributed by atoms with van der Waals surface area (Å²) < 4.78 is 5.57. The molecule has 1 saturated heterocycles. The quantitative estimate of drug-likeness (QED) is 0.594. The maximum atomic E-state index is 6.21. The van der Waals surface area contributed by atoms with Crippen molar-refractivity contribution < 1.29 is 4.74 Å². The van der Waals surface area contributed by atoms with Crippen LogP contribution < -0.4 is 16.0 Å². The smallest absolute Gasteiger partial charge is 0.0794 e. The van der Waals surface area contributed by atoms with Crippen LogP contribution >= 0.6 is 0 Å². The number of anilines is 2. The average molecular weight is 306 g/mol. The number of hydrogen-bond acceptors (Lipinski definition) is 5. The van der Waals surface area contributed by atoms with E-state index >= 15 is 0 Å². The second-order valence-electron chi connectivity index (χ2n) is 5.72. The van der Waals surface area contributed by atoms with Crippen molar-refractivity contribution in [1.82, 2.24) is 10.2 Å². The van der Waals surface area contributed by atoms with Crippen LogP contribution in [0.25, 0.3) is 0 Å². The number of para-hydroxylation sites is 2. The van der Waals surface area contributed by atoms with Crippen molar-refractivity contribution in [2.75, 3.05) is 56.6 Å². The normalized spacial score (nSPS) is 17.9. The Labute approximate surface area is 134 Å². The van der Waals surface area contributed by atoms with Crippen molar-refractivity contribution in [3.8, 4) is 0 Å². The Morgan fingerprint density at radius 1 is 1.32 bits per heavy atom. The molecule has 2 rings (SSSR count). The van der Waals surface area contributed by atoms with E-state index < -0.39 is 0 Å². The van der Waals surface area contributed by atoms with E-state index in [9.17, 15) is 0 Å². The fourth-order valence-corrected chi connectivity index (χ4v) is 3.00. The van der Waals surface area contributed by atoms with Crippen LogP contribution in [-0.2, 0) is 4.74 Å². The number of rotatable bonds is 7. The lowest BCUT2D eigenvalue weighted by molar-refractivity contribution is 0.142. The molecule has 1 aliphatic heterocycles. The molecule has 1 fully saturated rings. The highest BCUT2D eigenvalue weighted by Crippen LogP contribution is 2.25. The molecular weight excluding hydrogens is 276 g/mol. The zero-order chi connectivity index (χ0) is 15.8. The fraction of sp³-hybridized carbons (Fsp3) is 0.647. The zero-order valence-electron chi connectivity index (χ0n) is 13.9. The van der Waals surface area contributed by atoms with Gasteiger partial charge in [0.1, 0.15) is 0 Å². The fourth-order valence-electron chi connectivity index (χ4n) is 3.00. The lowest BCUT2D eigenvalue weighted by atomic mass is 10.2. The number of nitrogen functional groups attached to an aromatic ring is 1. The van der Waals surface area contributed by atoms with E-state index in [4.69, 9.17) is 10.5 Å². The summed E-state index contributed by atoms with van der Waals surface area (Å²) in [6.07, 6.45) is 1.50. The van der Waals surface area contributed by atoms with Crippen molar-refractivity contribution in [2.45, 2.75) is 26.4 Å². The van der Waals surface area contributed by atoms with E-state index in [2.05, 4.69) is 34.2 Å². The van der Waals surface area contributed by atoms with Gasteiger partial charge in [0.15, 0.2) is 0 Å². The van der Waals surface area contributed by atoms with E-state index in [1.165, 1.54) is 6.42 Å². The predicted molar refractivity (Wildman–Crippen MR) is 93.2 cm³/mol. The molecule has 22 heavy (non-hydrogen) atoms. The van der Waals surface area contributed by atoms with E-state index in [0.717, 1.165) is 57.3 Å². The molecule has 0 saturated carbocycles. The van der Waals surface area contributed by atoms with E-state index in [1.54, 1.807) is 0 Å². The number of nitrogens with zero attached hydrogens (tertiary/aromatic N) is 2. The molecule has 0 amide bonds. The van der Waals surface area contributed by atoms with E-state index in [1.807, 2.05) is 19.1 Å². The minimum atomic E-state index is 0.310. The molecule has 5 heteroatoms. The van der Waals surface area contributed by atoms with Crippen molar-refractivity contribution in [3.05, 3.63) is 24.3 Å². The summed E-state index contributed by atoms with van der Waals surface area (Å²) in [6.45, 7) is 11.0. The monoisotopic (exact) mass is 306 g/mol. The topological polar surface area (TPSA) is 53.8 Å². The third-order valence-corrected chi connectivity index (χ3v) is 4.28. The predicted octanol–water partition coefficient (Wildman–Crippen LogP) is 1.75. The van der Waals surface area contributed by atoms with Crippen LogP contribution in [-0.4, -0.2) is 57.0 Å². The Balaban J connectivity index is 2.13. The van der Waals surface area contributed by atoms with Gasteiger partial charge < -0.3 is 20.7 Å². The van der Waals surface area contributed by atoms with Crippen LogP contribution in [0.15, 0.2) is 24.3 Å². The first-order chi connectivity index (χ1) is 10.7.